The molecule has 2 aromatic heterocycles. The van der Waals surface area contributed by atoms with Gasteiger partial charge in [-0.15, -0.1) is 11.3 Å². The van der Waals surface area contributed by atoms with Gasteiger partial charge in [0.15, 0.2) is 5.13 Å². The van der Waals surface area contributed by atoms with E-state index < -0.39 is 0 Å². The molecule has 1 N–H and O–H groups in total. The number of imide groups is 1. The molecule has 0 aromatic carbocycles. The monoisotopic (exact) mass is 288 g/mol. The second-order valence-electron chi connectivity index (χ2n) is 4.36. The Morgan fingerprint density at radius 1 is 1.25 bits per heavy atom. The van der Waals surface area contributed by atoms with E-state index in [4.69, 9.17) is 0 Å². The summed E-state index contributed by atoms with van der Waals surface area (Å²) in [4.78, 5) is 32.9. The average molecular weight is 288 g/mol. The average Bonchev–Trinajstić information content (AvgIpc) is 3.02. The van der Waals surface area contributed by atoms with Crippen LogP contribution < -0.4 is 5.32 Å². The van der Waals surface area contributed by atoms with E-state index >= 15 is 0 Å². The number of carbonyl (C=O) groups excluding carboxylic acids is 2. The molecule has 3 rings (SSSR count). The minimum atomic E-state index is -0.123. The molecule has 1 aliphatic heterocycles. The molecule has 0 spiro atoms. The van der Waals surface area contributed by atoms with E-state index in [-0.39, 0.29) is 18.4 Å². The van der Waals surface area contributed by atoms with Gasteiger partial charge in [0, 0.05) is 24.4 Å². The maximum absolute atomic E-state index is 11.5. The van der Waals surface area contributed by atoms with Gasteiger partial charge < -0.3 is 5.32 Å². The van der Waals surface area contributed by atoms with Crippen molar-refractivity contribution in [2.45, 2.75) is 19.4 Å². The summed E-state index contributed by atoms with van der Waals surface area (Å²) in [7, 11) is 0. The Hall–Kier alpha value is -2.28. The predicted molar refractivity (Wildman–Crippen MR) is 74.4 cm³/mol. The zero-order valence-corrected chi connectivity index (χ0v) is 11.4. The Morgan fingerprint density at radius 3 is 2.75 bits per heavy atom. The van der Waals surface area contributed by atoms with Gasteiger partial charge in [-0.25, -0.2) is 9.97 Å². The van der Waals surface area contributed by atoms with Crippen LogP contribution in [0.1, 0.15) is 18.5 Å². The molecule has 0 atom stereocenters. The van der Waals surface area contributed by atoms with Gasteiger partial charge in [-0.3, -0.25) is 14.5 Å². The van der Waals surface area contributed by atoms with Crippen LogP contribution in [-0.2, 0) is 16.1 Å². The molecule has 102 valence electrons. The molecule has 0 bridgehead atoms. The van der Waals surface area contributed by atoms with Gasteiger partial charge in [0.05, 0.1) is 12.2 Å². The zero-order chi connectivity index (χ0) is 13.9. The van der Waals surface area contributed by atoms with E-state index in [2.05, 4.69) is 15.3 Å². The summed E-state index contributed by atoms with van der Waals surface area (Å²) in [6, 6.07) is 5.56. The molecule has 1 fully saturated rings. The standard InChI is InChI=1S/C13H12N4O2S/c18-11-4-5-12(19)17(11)7-9-8-20-13(15-9)16-10-3-1-2-6-14-10/h1-3,6,8H,4-5,7H2,(H,14,15,16). The summed E-state index contributed by atoms with van der Waals surface area (Å²) in [6.07, 6.45) is 2.31. The molecule has 7 heteroatoms. The topological polar surface area (TPSA) is 75.2 Å². The lowest BCUT2D eigenvalue weighted by atomic mass is 10.4. The number of amides is 2. The van der Waals surface area contributed by atoms with Gasteiger partial charge in [-0.2, -0.15) is 0 Å². The first kappa shape index (κ1) is 12.7. The number of hydrogen-bond acceptors (Lipinski definition) is 6. The van der Waals surface area contributed by atoms with Crippen LogP contribution in [0.2, 0.25) is 0 Å². The number of thiazole rings is 1. The second kappa shape index (κ2) is 5.38. The SMILES string of the molecule is O=C1CCC(=O)N1Cc1csc(Nc2ccccn2)n1. The summed E-state index contributed by atoms with van der Waals surface area (Å²) in [5.74, 6) is 0.464. The van der Waals surface area contributed by atoms with Crippen molar-refractivity contribution in [2.75, 3.05) is 5.32 Å². The highest BCUT2D eigenvalue weighted by Gasteiger charge is 2.29. The number of likely N-dealkylation sites (tertiary alicyclic amines) is 1. The van der Waals surface area contributed by atoms with Crippen molar-refractivity contribution in [3.63, 3.8) is 0 Å². The van der Waals surface area contributed by atoms with Crippen LogP contribution in [0.25, 0.3) is 0 Å². The quantitative estimate of drug-likeness (QED) is 0.870. The number of aromatic nitrogens is 2. The Bertz CT molecular complexity index is 625. The van der Waals surface area contributed by atoms with Crippen LogP contribution in [0.15, 0.2) is 29.8 Å². The van der Waals surface area contributed by atoms with E-state index in [1.54, 1.807) is 6.20 Å². The molecule has 0 radical (unpaired) electrons. The van der Waals surface area contributed by atoms with Gasteiger partial charge in [0.2, 0.25) is 11.8 Å². The number of nitrogens with one attached hydrogen (secondary N) is 1. The molecular formula is C13H12N4O2S. The van der Waals surface area contributed by atoms with Crippen molar-refractivity contribution in [3.05, 3.63) is 35.5 Å². The fraction of sp³-hybridized carbons (Fsp3) is 0.231. The number of hydrogen-bond donors (Lipinski definition) is 1. The first-order valence-electron chi connectivity index (χ1n) is 6.18. The Balaban J connectivity index is 1.68. The van der Waals surface area contributed by atoms with Gasteiger partial charge in [-0.05, 0) is 12.1 Å². The molecule has 2 aromatic rings. The first-order valence-corrected chi connectivity index (χ1v) is 7.06. The maximum Gasteiger partial charge on any atom is 0.230 e. The molecule has 0 aliphatic carbocycles. The zero-order valence-electron chi connectivity index (χ0n) is 10.6. The molecule has 0 saturated carbocycles. The molecule has 1 aliphatic rings. The summed E-state index contributed by atoms with van der Waals surface area (Å²) in [5.41, 5.74) is 0.706. The minimum Gasteiger partial charge on any atom is -0.316 e. The van der Waals surface area contributed by atoms with Crippen LogP contribution in [-0.4, -0.2) is 26.7 Å². The third-order valence-corrected chi connectivity index (χ3v) is 3.73. The molecule has 2 amide bonds. The molecule has 0 unspecified atom stereocenters. The summed E-state index contributed by atoms with van der Waals surface area (Å²) in [5, 5.41) is 5.61. The highest BCUT2D eigenvalue weighted by atomic mass is 32.1. The number of rotatable bonds is 4. The molecule has 3 heterocycles. The second-order valence-corrected chi connectivity index (χ2v) is 5.22. The van der Waals surface area contributed by atoms with E-state index in [0.717, 1.165) is 0 Å². The summed E-state index contributed by atoms with van der Waals surface area (Å²) < 4.78 is 0. The van der Waals surface area contributed by atoms with Gasteiger partial charge in [0.1, 0.15) is 5.82 Å². The van der Waals surface area contributed by atoms with E-state index in [0.29, 0.717) is 29.5 Å². The van der Waals surface area contributed by atoms with Crippen LogP contribution >= 0.6 is 11.3 Å². The van der Waals surface area contributed by atoms with Crippen LogP contribution in [0.4, 0.5) is 10.9 Å². The molecule has 1 saturated heterocycles. The van der Waals surface area contributed by atoms with Gasteiger partial charge in [0.25, 0.3) is 0 Å². The predicted octanol–water partition coefficient (Wildman–Crippen LogP) is 1.93. The fourth-order valence-corrected chi connectivity index (χ4v) is 2.65. The molecule has 20 heavy (non-hydrogen) atoms. The largest absolute Gasteiger partial charge is 0.316 e. The van der Waals surface area contributed by atoms with Crippen molar-refractivity contribution in [1.29, 1.82) is 0 Å². The smallest absolute Gasteiger partial charge is 0.230 e. The van der Waals surface area contributed by atoms with Crippen molar-refractivity contribution >= 4 is 34.1 Å². The minimum absolute atomic E-state index is 0.123. The third kappa shape index (κ3) is 2.67. The highest BCUT2D eigenvalue weighted by Crippen LogP contribution is 2.22. The van der Waals surface area contributed by atoms with E-state index in [1.807, 2.05) is 23.6 Å². The lowest BCUT2D eigenvalue weighted by Crippen LogP contribution is -2.28. The maximum atomic E-state index is 11.5. The van der Waals surface area contributed by atoms with Crippen molar-refractivity contribution in [2.24, 2.45) is 0 Å². The van der Waals surface area contributed by atoms with Crippen molar-refractivity contribution in [3.8, 4) is 0 Å². The Kier molecular flexibility index (Phi) is 3.42. The van der Waals surface area contributed by atoms with Crippen LogP contribution in [0.5, 0.6) is 0 Å². The summed E-state index contributed by atoms with van der Waals surface area (Å²) >= 11 is 1.42. The number of carbonyl (C=O) groups is 2. The number of anilines is 2. The molecular weight excluding hydrogens is 276 g/mol. The number of pyridine rings is 1. The normalized spacial score (nSPS) is 14.9. The number of nitrogens with zero attached hydrogens (tertiary/aromatic N) is 3. The first-order chi connectivity index (χ1) is 9.72. The van der Waals surface area contributed by atoms with Crippen molar-refractivity contribution in [1.82, 2.24) is 14.9 Å². The van der Waals surface area contributed by atoms with Gasteiger partial charge >= 0.3 is 0 Å². The van der Waals surface area contributed by atoms with Crippen molar-refractivity contribution < 1.29 is 9.59 Å². The lowest BCUT2D eigenvalue weighted by Gasteiger charge is -2.11. The fourth-order valence-electron chi connectivity index (χ4n) is 1.94. The Morgan fingerprint density at radius 2 is 2.05 bits per heavy atom. The lowest BCUT2D eigenvalue weighted by molar-refractivity contribution is -0.139. The third-order valence-electron chi connectivity index (χ3n) is 2.93. The van der Waals surface area contributed by atoms with E-state index in [9.17, 15) is 9.59 Å². The van der Waals surface area contributed by atoms with Gasteiger partial charge in [-0.1, -0.05) is 6.07 Å². The van der Waals surface area contributed by atoms with Crippen LogP contribution in [0, 0.1) is 0 Å². The van der Waals surface area contributed by atoms with Crippen LogP contribution in [0.3, 0.4) is 0 Å². The summed E-state index contributed by atoms with van der Waals surface area (Å²) in [6.45, 7) is 0.248. The highest BCUT2D eigenvalue weighted by molar-refractivity contribution is 7.13. The molecule has 6 nitrogen and oxygen atoms in total. The Labute approximate surface area is 119 Å². The van der Waals surface area contributed by atoms with E-state index in [1.165, 1.54) is 16.2 Å².